The van der Waals surface area contributed by atoms with E-state index < -0.39 is 6.29 Å². The maximum atomic E-state index is 13.3. The van der Waals surface area contributed by atoms with Crippen molar-refractivity contribution in [2.75, 3.05) is 39.4 Å². The van der Waals surface area contributed by atoms with Gasteiger partial charge in [-0.1, -0.05) is 13.8 Å². The number of amides is 2. The average Bonchev–Trinajstić information content (AvgIpc) is 2.63. The van der Waals surface area contributed by atoms with Crippen LogP contribution in [0.3, 0.4) is 0 Å². The van der Waals surface area contributed by atoms with Crippen molar-refractivity contribution in [1.29, 1.82) is 0 Å². The predicted molar refractivity (Wildman–Crippen MR) is 106 cm³/mol. The van der Waals surface area contributed by atoms with Crippen molar-refractivity contribution in [3.05, 3.63) is 0 Å². The van der Waals surface area contributed by atoms with E-state index in [0.29, 0.717) is 45.3 Å². The van der Waals surface area contributed by atoms with Crippen LogP contribution in [-0.4, -0.2) is 73.3 Å². The van der Waals surface area contributed by atoms with Gasteiger partial charge in [0.15, 0.2) is 6.29 Å². The van der Waals surface area contributed by atoms with E-state index in [1.54, 1.807) is 6.92 Å². The van der Waals surface area contributed by atoms with Crippen molar-refractivity contribution in [3.8, 4) is 0 Å². The van der Waals surface area contributed by atoms with Gasteiger partial charge in [-0.25, -0.2) is 0 Å². The number of rotatable bonds is 11. The van der Waals surface area contributed by atoms with E-state index in [4.69, 9.17) is 15.2 Å². The van der Waals surface area contributed by atoms with Gasteiger partial charge in [-0.2, -0.15) is 0 Å². The number of ether oxygens (including phenoxy) is 2. The molecule has 158 valence electrons. The average molecular weight is 386 g/mol. The molecule has 2 N–H and O–H groups in total. The minimum absolute atomic E-state index is 0.0804. The molecule has 2 amide bonds. The molecule has 1 heterocycles. The van der Waals surface area contributed by atoms with Gasteiger partial charge < -0.3 is 25.0 Å². The SMILES string of the molecule is CCOC(CN(C(=O)[C@@H](CN)CC(C)C)C1CCN(C(C)=O)CC1)OCC. The summed E-state index contributed by atoms with van der Waals surface area (Å²) in [7, 11) is 0. The Morgan fingerprint density at radius 3 is 2.11 bits per heavy atom. The molecule has 1 rings (SSSR count). The third-order valence-electron chi connectivity index (χ3n) is 5.07. The zero-order valence-electron chi connectivity index (χ0n) is 17.8. The van der Waals surface area contributed by atoms with Crippen LogP contribution in [0.4, 0.5) is 0 Å². The summed E-state index contributed by atoms with van der Waals surface area (Å²) in [5.74, 6) is 0.377. The van der Waals surface area contributed by atoms with Crippen LogP contribution in [-0.2, 0) is 19.1 Å². The van der Waals surface area contributed by atoms with Crippen LogP contribution in [0.25, 0.3) is 0 Å². The lowest BCUT2D eigenvalue weighted by Gasteiger charge is -2.41. The Morgan fingerprint density at radius 1 is 1.15 bits per heavy atom. The molecule has 0 aromatic carbocycles. The smallest absolute Gasteiger partial charge is 0.227 e. The maximum Gasteiger partial charge on any atom is 0.227 e. The van der Waals surface area contributed by atoms with Crippen LogP contribution in [0.15, 0.2) is 0 Å². The van der Waals surface area contributed by atoms with Crippen LogP contribution in [0, 0.1) is 11.8 Å². The summed E-state index contributed by atoms with van der Waals surface area (Å²) in [5.41, 5.74) is 5.94. The largest absolute Gasteiger partial charge is 0.351 e. The Kier molecular flexibility index (Phi) is 10.9. The number of carbonyl (C=O) groups excluding carboxylic acids is 2. The molecule has 0 radical (unpaired) electrons. The molecule has 0 aromatic heterocycles. The van der Waals surface area contributed by atoms with Crippen molar-refractivity contribution in [2.45, 2.75) is 66.2 Å². The summed E-state index contributed by atoms with van der Waals surface area (Å²) >= 11 is 0. The highest BCUT2D eigenvalue weighted by Gasteiger charge is 2.34. The molecule has 0 saturated carbocycles. The van der Waals surface area contributed by atoms with Gasteiger partial charge in [0, 0.05) is 45.8 Å². The summed E-state index contributed by atoms with van der Waals surface area (Å²) in [6.45, 7) is 12.8. The Hall–Kier alpha value is -1.18. The predicted octanol–water partition coefficient (Wildman–Crippen LogP) is 1.85. The van der Waals surface area contributed by atoms with E-state index in [-0.39, 0.29) is 23.8 Å². The van der Waals surface area contributed by atoms with Crippen molar-refractivity contribution < 1.29 is 19.1 Å². The van der Waals surface area contributed by atoms with Gasteiger partial charge in [0.05, 0.1) is 12.5 Å². The fourth-order valence-electron chi connectivity index (χ4n) is 3.70. The second-order valence-electron chi connectivity index (χ2n) is 7.63. The quantitative estimate of drug-likeness (QED) is 0.549. The molecule has 1 atom stereocenters. The monoisotopic (exact) mass is 385 g/mol. The Balaban J connectivity index is 2.93. The number of hydrogen-bond acceptors (Lipinski definition) is 5. The van der Waals surface area contributed by atoms with Gasteiger partial charge in [0.2, 0.25) is 11.8 Å². The zero-order valence-corrected chi connectivity index (χ0v) is 17.8. The van der Waals surface area contributed by atoms with Crippen molar-refractivity contribution >= 4 is 11.8 Å². The summed E-state index contributed by atoms with van der Waals surface area (Å²) in [6, 6.07) is 0.0812. The van der Waals surface area contributed by atoms with Crippen molar-refractivity contribution in [2.24, 2.45) is 17.6 Å². The Labute approximate surface area is 164 Å². The molecular formula is C20H39N3O4. The molecule has 0 spiro atoms. The molecular weight excluding hydrogens is 346 g/mol. The first-order valence-corrected chi connectivity index (χ1v) is 10.3. The first-order chi connectivity index (χ1) is 12.8. The molecule has 0 aromatic rings. The number of nitrogens with two attached hydrogens (primary N) is 1. The molecule has 1 fully saturated rings. The first kappa shape index (κ1) is 23.9. The molecule has 0 bridgehead atoms. The van der Waals surface area contributed by atoms with E-state index in [2.05, 4.69) is 13.8 Å². The summed E-state index contributed by atoms with van der Waals surface area (Å²) in [5, 5.41) is 0. The lowest BCUT2D eigenvalue weighted by molar-refractivity contribution is -0.166. The lowest BCUT2D eigenvalue weighted by Crippen LogP contribution is -2.53. The lowest BCUT2D eigenvalue weighted by atomic mass is 9.94. The van der Waals surface area contributed by atoms with Gasteiger partial charge in [-0.05, 0) is 39.0 Å². The summed E-state index contributed by atoms with van der Waals surface area (Å²) in [6.07, 6.45) is 1.88. The number of piperidine rings is 1. The topological polar surface area (TPSA) is 85.1 Å². The van der Waals surface area contributed by atoms with E-state index in [1.807, 2.05) is 23.6 Å². The van der Waals surface area contributed by atoms with E-state index in [1.165, 1.54) is 0 Å². The van der Waals surface area contributed by atoms with Gasteiger partial charge >= 0.3 is 0 Å². The van der Waals surface area contributed by atoms with Crippen molar-refractivity contribution in [1.82, 2.24) is 9.80 Å². The molecule has 7 nitrogen and oxygen atoms in total. The molecule has 0 unspecified atom stereocenters. The standard InChI is InChI=1S/C20H39N3O4/c1-6-26-19(27-7-2)14-23(20(25)17(13-21)12-15(3)4)18-8-10-22(11-9-18)16(5)24/h15,17-19H,6-14,21H2,1-5H3/t17-/m1/s1. The summed E-state index contributed by atoms with van der Waals surface area (Å²) in [4.78, 5) is 28.7. The van der Waals surface area contributed by atoms with Crippen LogP contribution < -0.4 is 5.73 Å². The van der Waals surface area contributed by atoms with E-state index >= 15 is 0 Å². The van der Waals surface area contributed by atoms with Gasteiger partial charge in [0.1, 0.15) is 0 Å². The van der Waals surface area contributed by atoms with E-state index in [0.717, 1.165) is 19.3 Å². The highest BCUT2D eigenvalue weighted by atomic mass is 16.7. The number of likely N-dealkylation sites (tertiary alicyclic amines) is 1. The summed E-state index contributed by atoms with van der Waals surface area (Å²) < 4.78 is 11.4. The minimum Gasteiger partial charge on any atom is -0.351 e. The van der Waals surface area contributed by atoms with E-state index in [9.17, 15) is 9.59 Å². The zero-order chi connectivity index (χ0) is 20.4. The molecule has 1 aliphatic heterocycles. The molecule has 1 saturated heterocycles. The highest BCUT2D eigenvalue weighted by Crippen LogP contribution is 2.22. The van der Waals surface area contributed by atoms with Gasteiger partial charge in [0.25, 0.3) is 0 Å². The molecule has 27 heavy (non-hydrogen) atoms. The van der Waals surface area contributed by atoms with Crippen molar-refractivity contribution in [3.63, 3.8) is 0 Å². The van der Waals surface area contributed by atoms with Crippen LogP contribution >= 0.6 is 0 Å². The van der Waals surface area contributed by atoms with Crippen LogP contribution in [0.1, 0.15) is 53.9 Å². The molecule has 1 aliphatic rings. The first-order valence-electron chi connectivity index (χ1n) is 10.3. The Morgan fingerprint density at radius 2 is 1.70 bits per heavy atom. The normalized spacial score (nSPS) is 16.8. The van der Waals surface area contributed by atoms with Crippen LogP contribution in [0.2, 0.25) is 0 Å². The second kappa shape index (κ2) is 12.3. The Bertz CT molecular complexity index is 445. The number of hydrogen-bond donors (Lipinski definition) is 1. The highest BCUT2D eigenvalue weighted by molar-refractivity contribution is 5.79. The van der Waals surface area contributed by atoms with Gasteiger partial charge in [-0.3, -0.25) is 9.59 Å². The third-order valence-corrected chi connectivity index (χ3v) is 5.07. The third kappa shape index (κ3) is 7.76. The molecule has 7 heteroatoms. The number of carbonyl (C=O) groups is 2. The van der Waals surface area contributed by atoms with Gasteiger partial charge in [-0.15, -0.1) is 0 Å². The maximum absolute atomic E-state index is 13.3. The number of nitrogens with zero attached hydrogens (tertiary/aromatic N) is 2. The van der Waals surface area contributed by atoms with Crippen LogP contribution in [0.5, 0.6) is 0 Å². The fraction of sp³-hybridized carbons (Fsp3) is 0.900. The minimum atomic E-state index is -0.438. The molecule has 0 aliphatic carbocycles. The fourth-order valence-corrected chi connectivity index (χ4v) is 3.70. The second-order valence-corrected chi connectivity index (χ2v) is 7.63.